The van der Waals surface area contributed by atoms with Gasteiger partial charge in [0, 0.05) is 17.4 Å². The molecule has 0 saturated carbocycles. The first-order chi connectivity index (χ1) is 9.15. The molecule has 5 heteroatoms. The fourth-order valence-electron chi connectivity index (χ4n) is 1.50. The average molecular weight is 255 g/mol. The summed E-state index contributed by atoms with van der Waals surface area (Å²) in [6, 6.07) is 11.5. The number of Topliss-reactive ketones (excluding diaryl/α,β-unsaturated/α-hetero) is 1. The number of pyridine rings is 1. The van der Waals surface area contributed by atoms with Gasteiger partial charge in [-0.25, -0.2) is 9.78 Å². The van der Waals surface area contributed by atoms with Crippen molar-refractivity contribution in [1.29, 1.82) is 0 Å². The van der Waals surface area contributed by atoms with Crippen LogP contribution in [0.5, 0.6) is 0 Å². The topological polar surface area (TPSA) is 71.1 Å². The van der Waals surface area contributed by atoms with Crippen molar-refractivity contribution in [2.45, 2.75) is 6.92 Å². The zero-order valence-electron chi connectivity index (χ0n) is 10.4. The maximum Gasteiger partial charge on any atom is 0.324 e. The van der Waals surface area contributed by atoms with Crippen LogP contribution in [0.4, 0.5) is 16.3 Å². The van der Waals surface area contributed by atoms with Crippen molar-refractivity contribution in [3.8, 4) is 0 Å². The lowest BCUT2D eigenvalue weighted by atomic mass is 10.1. The van der Waals surface area contributed by atoms with Crippen LogP contribution >= 0.6 is 0 Å². The molecule has 1 heterocycles. The van der Waals surface area contributed by atoms with E-state index in [0.29, 0.717) is 17.1 Å². The quantitative estimate of drug-likeness (QED) is 0.828. The number of anilines is 2. The highest BCUT2D eigenvalue weighted by Gasteiger charge is 2.04. The lowest BCUT2D eigenvalue weighted by Crippen LogP contribution is -2.19. The van der Waals surface area contributed by atoms with E-state index in [9.17, 15) is 9.59 Å². The zero-order valence-corrected chi connectivity index (χ0v) is 10.4. The number of nitrogens with zero attached hydrogens (tertiary/aromatic N) is 1. The number of nitrogens with one attached hydrogen (secondary N) is 2. The summed E-state index contributed by atoms with van der Waals surface area (Å²) < 4.78 is 0. The third-order valence-corrected chi connectivity index (χ3v) is 2.46. The molecule has 0 radical (unpaired) electrons. The number of carbonyl (C=O) groups excluding carboxylic acids is 2. The number of ketones is 1. The molecule has 2 N–H and O–H groups in total. The van der Waals surface area contributed by atoms with Crippen molar-refractivity contribution in [3.63, 3.8) is 0 Å². The Hall–Kier alpha value is -2.69. The van der Waals surface area contributed by atoms with Crippen LogP contribution < -0.4 is 10.6 Å². The first kappa shape index (κ1) is 12.8. The van der Waals surface area contributed by atoms with E-state index in [1.165, 1.54) is 6.92 Å². The molecule has 96 valence electrons. The molecule has 0 aliphatic carbocycles. The second kappa shape index (κ2) is 5.77. The van der Waals surface area contributed by atoms with Gasteiger partial charge in [-0.2, -0.15) is 0 Å². The fourth-order valence-corrected chi connectivity index (χ4v) is 1.50. The molecule has 0 unspecified atom stereocenters. The highest BCUT2D eigenvalue weighted by Crippen LogP contribution is 2.10. The number of urea groups is 1. The molecule has 0 atom stereocenters. The Bertz CT molecular complexity index is 579. The number of benzene rings is 1. The Labute approximate surface area is 110 Å². The molecule has 2 amide bonds. The number of hydrogen-bond acceptors (Lipinski definition) is 3. The van der Waals surface area contributed by atoms with Gasteiger partial charge in [0.2, 0.25) is 0 Å². The van der Waals surface area contributed by atoms with E-state index in [-0.39, 0.29) is 11.8 Å². The van der Waals surface area contributed by atoms with Gasteiger partial charge in [-0.3, -0.25) is 10.1 Å². The summed E-state index contributed by atoms with van der Waals surface area (Å²) in [4.78, 5) is 26.8. The predicted octanol–water partition coefficient (Wildman–Crippen LogP) is 2.93. The Kier molecular flexibility index (Phi) is 3.87. The first-order valence-corrected chi connectivity index (χ1v) is 5.75. The minimum atomic E-state index is -0.380. The molecule has 1 aromatic carbocycles. The highest BCUT2D eigenvalue weighted by molar-refractivity contribution is 6.00. The van der Waals surface area contributed by atoms with E-state index in [2.05, 4.69) is 15.6 Å². The van der Waals surface area contributed by atoms with Crippen LogP contribution in [0, 0.1) is 0 Å². The van der Waals surface area contributed by atoms with Crippen molar-refractivity contribution in [2.24, 2.45) is 0 Å². The van der Waals surface area contributed by atoms with Crippen molar-refractivity contribution >= 4 is 23.3 Å². The molecule has 2 aromatic rings. The van der Waals surface area contributed by atoms with Gasteiger partial charge in [-0.15, -0.1) is 0 Å². The van der Waals surface area contributed by atoms with E-state index in [0.717, 1.165) is 0 Å². The van der Waals surface area contributed by atoms with E-state index in [4.69, 9.17) is 0 Å². The van der Waals surface area contributed by atoms with E-state index < -0.39 is 0 Å². The monoisotopic (exact) mass is 255 g/mol. The number of rotatable bonds is 3. The smallest absolute Gasteiger partial charge is 0.308 e. The summed E-state index contributed by atoms with van der Waals surface area (Å²) in [6.45, 7) is 1.50. The van der Waals surface area contributed by atoms with Gasteiger partial charge in [0.25, 0.3) is 0 Å². The fraction of sp³-hybridized carbons (Fsp3) is 0.0714. The minimum absolute atomic E-state index is 0.00973. The summed E-state index contributed by atoms with van der Waals surface area (Å²) in [5.41, 5.74) is 1.22. The Morgan fingerprint density at radius 1 is 1.00 bits per heavy atom. The SMILES string of the molecule is CC(=O)c1ccc(NC(=O)Nc2ccccn2)cc1. The second-order valence-corrected chi connectivity index (χ2v) is 3.93. The van der Waals surface area contributed by atoms with Crippen LogP contribution in [-0.2, 0) is 0 Å². The van der Waals surface area contributed by atoms with Crippen molar-refractivity contribution in [3.05, 3.63) is 54.2 Å². The van der Waals surface area contributed by atoms with Crippen LogP contribution in [0.15, 0.2) is 48.7 Å². The minimum Gasteiger partial charge on any atom is -0.308 e. The van der Waals surface area contributed by atoms with E-state index >= 15 is 0 Å². The maximum atomic E-state index is 11.7. The molecule has 0 bridgehead atoms. The molecule has 0 fully saturated rings. The second-order valence-electron chi connectivity index (χ2n) is 3.93. The standard InChI is InChI=1S/C14H13N3O2/c1-10(18)11-5-7-12(8-6-11)16-14(19)17-13-4-2-3-9-15-13/h2-9H,1H3,(H2,15,16,17,19). The van der Waals surface area contributed by atoms with Gasteiger partial charge in [0.1, 0.15) is 5.82 Å². The van der Waals surface area contributed by atoms with Gasteiger partial charge in [0.15, 0.2) is 5.78 Å². The molecule has 0 spiro atoms. The summed E-state index contributed by atoms with van der Waals surface area (Å²) in [6.07, 6.45) is 1.59. The van der Waals surface area contributed by atoms with Crippen molar-refractivity contribution < 1.29 is 9.59 Å². The summed E-state index contributed by atoms with van der Waals surface area (Å²) in [7, 11) is 0. The van der Waals surface area contributed by atoms with Gasteiger partial charge in [0.05, 0.1) is 0 Å². The van der Waals surface area contributed by atoms with Crippen molar-refractivity contribution in [1.82, 2.24) is 4.98 Å². The third-order valence-electron chi connectivity index (χ3n) is 2.46. The highest BCUT2D eigenvalue weighted by atomic mass is 16.2. The first-order valence-electron chi connectivity index (χ1n) is 5.75. The normalized spacial score (nSPS) is 9.74. The Balaban J connectivity index is 1.97. The average Bonchev–Trinajstić information content (AvgIpc) is 2.40. The summed E-state index contributed by atoms with van der Waals surface area (Å²) in [5.74, 6) is 0.463. The molecule has 2 rings (SSSR count). The molecular formula is C14H13N3O2. The Morgan fingerprint density at radius 3 is 2.32 bits per heavy atom. The van der Waals surface area contributed by atoms with E-state index in [1.807, 2.05) is 0 Å². The summed E-state index contributed by atoms with van der Waals surface area (Å²) in [5, 5.41) is 5.25. The van der Waals surface area contributed by atoms with Crippen LogP contribution in [-0.4, -0.2) is 16.8 Å². The lowest BCUT2D eigenvalue weighted by molar-refractivity contribution is 0.101. The summed E-state index contributed by atoms with van der Waals surface area (Å²) >= 11 is 0. The molecule has 0 aliphatic heterocycles. The van der Waals surface area contributed by atoms with Crippen molar-refractivity contribution in [2.75, 3.05) is 10.6 Å². The van der Waals surface area contributed by atoms with Crippen LogP contribution in [0.25, 0.3) is 0 Å². The van der Waals surface area contributed by atoms with Gasteiger partial charge >= 0.3 is 6.03 Å². The van der Waals surface area contributed by atoms with Gasteiger partial charge < -0.3 is 5.32 Å². The number of carbonyl (C=O) groups is 2. The zero-order chi connectivity index (χ0) is 13.7. The van der Waals surface area contributed by atoms with Gasteiger partial charge in [-0.1, -0.05) is 6.07 Å². The largest absolute Gasteiger partial charge is 0.324 e. The van der Waals surface area contributed by atoms with E-state index in [1.54, 1.807) is 48.7 Å². The number of hydrogen-bond donors (Lipinski definition) is 2. The maximum absolute atomic E-state index is 11.7. The molecule has 5 nitrogen and oxygen atoms in total. The predicted molar refractivity (Wildman–Crippen MR) is 73.3 cm³/mol. The van der Waals surface area contributed by atoms with Gasteiger partial charge in [-0.05, 0) is 43.3 Å². The molecule has 19 heavy (non-hydrogen) atoms. The van der Waals surface area contributed by atoms with Crippen LogP contribution in [0.3, 0.4) is 0 Å². The molecular weight excluding hydrogens is 242 g/mol. The Morgan fingerprint density at radius 2 is 1.74 bits per heavy atom. The third kappa shape index (κ3) is 3.64. The lowest BCUT2D eigenvalue weighted by Gasteiger charge is -2.07. The molecule has 0 aliphatic rings. The van der Waals surface area contributed by atoms with Crippen LogP contribution in [0.1, 0.15) is 17.3 Å². The molecule has 1 aromatic heterocycles. The molecule has 0 saturated heterocycles. The number of aromatic nitrogens is 1. The van der Waals surface area contributed by atoms with Crippen LogP contribution in [0.2, 0.25) is 0 Å². The number of amides is 2.